The molecule has 0 unspecified atom stereocenters. The van der Waals surface area contributed by atoms with Crippen LogP contribution in [0.1, 0.15) is 58.8 Å². The first-order valence-electron chi connectivity index (χ1n) is 8.74. The first kappa shape index (κ1) is 17.3. The molecule has 1 saturated carbocycles. The highest BCUT2D eigenvalue weighted by atomic mass is 16.5. The van der Waals surface area contributed by atoms with E-state index in [0.717, 1.165) is 25.9 Å². The summed E-state index contributed by atoms with van der Waals surface area (Å²) in [5, 5.41) is 5.96. The third-order valence-electron chi connectivity index (χ3n) is 5.18. The molecule has 2 aliphatic rings. The van der Waals surface area contributed by atoms with Crippen LogP contribution in [0.5, 0.6) is 0 Å². The zero-order valence-electron chi connectivity index (χ0n) is 13.9. The minimum atomic E-state index is -0.0595. The van der Waals surface area contributed by atoms with Crippen LogP contribution in [0.3, 0.4) is 0 Å². The largest absolute Gasteiger partial charge is 0.376 e. The topological polar surface area (TPSA) is 67.4 Å². The Morgan fingerprint density at radius 2 is 1.82 bits per heavy atom. The highest BCUT2D eigenvalue weighted by molar-refractivity contribution is 5.83. The summed E-state index contributed by atoms with van der Waals surface area (Å²) >= 11 is 0. The smallest absolute Gasteiger partial charge is 0.220 e. The van der Waals surface area contributed by atoms with E-state index in [1.165, 1.54) is 12.8 Å². The Morgan fingerprint density at radius 1 is 1.05 bits per heavy atom. The molecule has 0 aromatic carbocycles. The summed E-state index contributed by atoms with van der Waals surface area (Å²) < 4.78 is 5.46. The van der Waals surface area contributed by atoms with Gasteiger partial charge in [-0.2, -0.15) is 0 Å². The van der Waals surface area contributed by atoms with Crippen molar-refractivity contribution in [2.75, 3.05) is 13.2 Å². The molecule has 5 nitrogen and oxygen atoms in total. The fourth-order valence-electron chi connectivity index (χ4n) is 3.41. The molecule has 2 N–H and O–H groups in total. The maximum absolute atomic E-state index is 12.0. The van der Waals surface area contributed by atoms with Crippen molar-refractivity contribution in [2.24, 2.45) is 11.8 Å². The first-order chi connectivity index (χ1) is 10.6. The van der Waals surface area contributed by atoms with Gasteiger partial charge in [0.05, 0.1) is 6.10 Å². The lowest BCUT2D eigenvalue weighted by molar-refractivity contribution is -0.127. The normalized spacial score (nSPS) is 31.7. The molecule has 22 heavy (non-hydrogen) atoms. The predicted molar refractivity (Wildman–Crippen MR) is 85.3 cm³/mol. The Labute approximate surface area is 133 Å². The van der Waals surface area contributed by atoms with Gasteiger partial charge in [0.2, 0.25) is 11.8 Å². The van der Waals surface area contributed by atoms with Crippen LogP contribution in [0.2, 0.25) is 0 Å². The van der Waals surface area contributed by atoms with Crippen LogP contribution in [0.4, 0.5) is 0 Å². The van der Waals surface area contributed by atoms with Crippen LogP contribution in [-0.4, -0.2) is 37.1 Å². The number of nitrogens with one attached hydrogen (secondary N) is 2. The quantitative estimate of drug-likeness (QED) is 0.788. The fourth-order valence-corrected chi connectivity index (χ4v) is 3.41. The Kier molecular flexibility index (Phi) is 6.68. The van der Waals surface area contributed by atoms with E-state index in [2.05, 4.69) is 24.5 Å². The van der Waals surface area contributed by atoms with Gasteiger partial charge in [-0.15, -0.1) is 0 Å². The number of rotatable bonds is 6. The average molecular weight is 310 g/mol. The van der Waals surface area contributed by atoms with Gasteiger partial charge in [0.1, 0.15) is 0 Å². The molecule has 0 aromatic rings. The van der Waals surface area contributed by atoms with Crippen molar-refractivity contribution >= 4 is 11.8 Å². The summed E-state index contributed by atoms with van der Waals surface area (Å²) in [5.74, 6) is 1.12. The Balaban J connectivity index is 1.61. The molecular formula is C17H30N2O3. The Hall–Kier alpha value is -1.10. The molecule has 2 amide bonds. The lowest BCUT2D eigenvalue weighted by Crippen LogP contribution is -2.44. The Bertz CT molecular complexity index is 380. The second kappa shape index (κ2) is 8.51. The molecule has 0 radical (unpaired) electrons. The maximum Gasteiger partial charge on any atom is 0.220 e. The van der Waals surface area contributed by atoms with Gasteiger partial charge in [0.15, 0.2) is 0 Å². The van der Waals surface area contributed by atoms with Crippen molar-refractivity contribution in [3.8, 4) is 0 Å². The van der Waals surface area contributed by atoms with E-state index in [1.807, 2.05) is 0 Å². The van der Waals surface area contributed by atoms with Crippen LogP contribution in [-0.2, 0) is 14.3 Å². The highest BCUT2D eigenvalue weighted by Gasteiger charge is 2.28. The van der Waals surface area contributed by atoms with Gasteiger partial charge < -0.3 is 15.4 Å². The number of hydrogen-bond donors (Lipinski definition) is 2. The second-order valence-corrected chi connectivity index (χ2v) is 6.88. The lowest BCUT2D eigenvalue weighted by Gasteiger charge is -2.34. The van der Waals surface area contributed by atoms with Crippen LogP contribution < -0.4 is 10.6 Å². The molecule has 0 aromatic heterocycles. The summed E-state index contributed by atoms with van der Waals surface area (Å²) in [5.41, 5.74) is 0. The SMILES string of the molecule is C[C@@H]1[C@H](C)CCC[C@@H]1NC(=O)CCC(=O)NC[C@@H]1CCCO1. The van der Waals surface area contributed by atoms with Gasteiger partial charge in [0.25, 0.3) is 0 Å². The molecule has 0 bridgehead atoms. The summed E-state index contributed by atoms with van der Waals surface area (Å²) in [6.07, 6.45) is 6.26. The predicted octanol–water partition coefficient (Wildman–Crippen LogP) is 2.00. The van der Waals surface area contributed by atoms with Crippen molar-refractivity contribution in [3.05, 3.63) is 0 Å². The van der Waals surface area contributed by atoms with Crippen molar-refractivity contribution in [1.29, 1.82) is 0 Å². The highest BCUT2D eigenvalue weighted by Crippen LogP contribution is 2.29. The van der Waals surface area contributed by atoms with Gasteiger partial charge in [0, 0.05) is 32.0 Å². The van der Waals surface area contributed by atoms with Gasteiger partial charge in [-0.1, -0.05) is 26.7 Å². The lowest BCUT2D eigenvalue weighted by atomic mass is 9.78. The van der Waals surface area contributed by atoms with Gasteiger partial charge in [-0.05, 0) is 31.1 Å². The molecule has 2 fully saturated rings. The molecule has 1 heterocycles. The van der Waals surface area contributed by atoms with E-state index in [0.29, 0.717) is 18.4 Å². The third kappa shape index (κ3) is 5.27. The van der Waals surface area contributed by atoms with Crippen LogP contribution in [0.15, 0.2) is 0 Å². The average Bonchev–Trinajstić information content (AvgIpc) is 3.01. The number of carbonyl (C=O) groups excluding carboxylic acids is 2. The number of carbonyl (C=O) groups is 2. The first-order valence-corrected chi connectivity index (χ1v) is 8.74. The molecule has 1 aliphatic carbocycles. The molecule has 0 spiro atoms. The molecular weight excluding hydrogens is 280 g/mol. The number of hydrogen-bond acceptors (Lipinski definition) is 3. The summed E-state index contributed by atoms with van der Waals surface area (Å²) in [6.45, 7) is 5.82. The summed E-state index contributed by atoms with van der Waals surface area (Å²) in [4.78, 5) is 23.8. The molecule has 126 valence electrons. The molecule has 2 rings (SSSR count). The van der Waals surface area contributed by atoms with Crippen LogP contribution >= 0.6 is 0 Å². The Morgan fingerprint density at radius 3 is 2.55 bits per heavy atom. The zero-order chi connectivity index (χ0) is 15.9. The van der Waals surface area contributed by atoms with E-state index >= 15 is 0 Å². The number of ether oxygens (including phenoxy) is 1. The van der Waals surface area contributed by atoms with E-state index in [9.17, 15) is 9.59 Å². The number of amides is 2. The molecule has 5 heteroatoms. The van der Waals surface area contributed by atoms with Gasteiger partial charge in [-0.25, -0.2) is 0 Å². The monoisotopic (exact) mass is 310 g/mol. The van der Waals surface area contributed by atoms with Gasteiger partial charge in [-0.3, -0.25) is 9.59 Å². The van der Waals surface area contributed by atoms with Gasteiger partial charge >= 0.3 is 0 Å². The molecule has 1 saturated heterocycles. The molecule has 4 atom stereocenters. The standard InChI is InChI=1S/C17H30N2O3/c1-12-5-3-7-15(13(12)2)19-17(21)9-8-16(20)18-11-14-6-4-10-22-14/h12-15H,3-11H2,1-2H3,(H,18,20)(H,19,21)/t12-,13-,14+,15+/m1/s1. The van der Waals surface area contributed by atoms with E-state index < -0.39 is 0 Å². The maximum atomic E-state index is 12.0. The van der Waals surface area contributed by atoms with E-state index in [4.69, 9.17) is 4.74 Å². The van der Waals surface area contributed by atoms with Crippen molar-refractivity contribution < 1.29 is 14.3 Å². The second-order valence-electron chi connectivity index (χ2n) is 6.88. The van der Waals surface area contributed by atoms with E-state index in [1.54, 1.807) is 0 Å². The third-order valence-corrected chi connectivity index (χ3v) is 5.18. The summed E-state index contributed by atoms with van der Waals surface area (Å²) in [6, 6.07) is 0.270. The van der Waals surface area contributed by atoms with Crippen LogP contribution in [0, 0.1) is 11.8 Å². The fraction of sp³-hybridized carbons (Fsp3) is 0.882. The van der Waals surface area contributed by atoms with Crippen molar-refractivity contribution in [3.63, 3.8) is 0 Å². The van der Waals surface area contributed by atoms with E-state index in [-0.39, 0.29) is 36.8 Å². The minimum Gasteiger partial charge on any atom is -0.376 e. The van der Waals surface area contributed by atoms with Crippen molar-refractivity contribution in [1.82, 2.24) is 10.6 Å². The van der Waals surface area contributed by atoms with Crippen LogP contribution in [0.25, 0.3) is 0 Å². The minimum absolute atomic E-state index is 0.00165. The van der Waals surface area contributed by atoms with Crippen molar-refractivity contribution in [2.45, 2.75) is 70.9 Å². The zero-order valence-corrected chi connectivity index (χ0v) is 13.9. The summed E-state index contributed by atoms with van der Waals surface area (Å²) in [7, 11) is 0. The molecule has 1 aliphatic heterocycles.